The van der Waals surface area contributed by atoms with Gasteiger partial charge in [0.05, 0.1) is 0 Å². The molecule has 1 aliphatic carbocycles. The predicted molar refractivity (Wildman–Crippen MR) is 59.2 cm³/mol. The first-order valence-electron chi connectivity index (χ1n) is 4.94. The van der Waals surface area contributed by atoms with E-state index in [9.17, 15) is 0 Å². The third-order valence-electron chi connectivity index (χ3n) is 2.78. The molecule has 0 spiro atoms. The van der Waals surface area contributed by atoms with Gasteiger partial charge in [-0.3, -0.25) is 0 Å². The summed E-state index contributed by atoms with van der Waals surface area (Å²) in [7, 11) is 0. The summed E-state index contributed by atoms with van der Waals surface area (Å²) in [5.74, 6) is 0. The minimum Gasteiger partial charge on any atom is -1.00 e. The predicted octanol–water partition coefficient (Wildman–Crippen LogP) is -2.50. The number of hydrogen-bond donors (Lipinski definition) is 0. The Labute approximate surface area is 133 Å². The molecule has 2 aromatic carbocycles. The van der Waals surface area contributed by atoms with Crippen LogP contribution in [0.15, 0.2) is 42.0 Å². The standard InChI is InChI=1S/C14H11.2ClH.Zr/c1-10-6-13-8-11-4-2-3-5-12(11)9-14(13)7-10;;;/h2-5,8-9H,6H2,1H3;2*1H;/q-1;;;+3/p-2. The van der Waals surface area contributed by atoms with E-state index in [1.54, 1.807) is 0 Å². The van der Waals surface area contributed by atoms with E-state index >= 15 is 0 Å². The summed E-state index contributed by atoms with van der Waals surface area (Å²) >= 11 is 0. The van der Waals surface area contributed by atoms with Gasteiger partial charge < -0.3 is 24.8 Å². The molecule has 0 amide bonds. The van der Waals surface area contributed by atoms with Gasteiger partial charge in [-0.15, -0.1) is 17.2 Å². The van der Waals surface area contributed by atoms with Crippen LogP contribution in [0.4, 0.5) is 0 Å². The van der Waals surface area contributed by atoms with Gasteiger partial charge in [0.15, 0.2) is 0 Å². The van der Waals surface area contributed by atoms with Crippen LogP contribution in [0.25, 0.3) is 10.8 Å². The monoisotopic (exact) mass is 339 g/mol. The molecule has 17 heavy (non-hydrogen) atoms. The molecule has 3 rings (SSSR count). The van der Waals surface area contributed by atoms with E-state index in [2.05, 4.69) is 49.4 Å². The van der Waals surface area contributed by atoms with Crippen LogP contribution in [0, 0.1) is 6.08 Å². The smallest absolute Gasteiger partial charge is 1.00 e. The number of rotatable bonds is 0. The quantitative estimate of drug-likeness (QED) is 0.465. The first kappa shape index (κ1) is 16.9. The average Bonchev–Trinajstić information content (AvgIpc) is 2.53. The molecule has 0 nitrogen and oxygen atoms in total. The summed E-state index contributed by atoms with van der Waals surface area (Å²) in [4.78, 5) is 0. The Balaban J connectivity index is 0.000000853. The molecule has 2 aromatic rings. The van der Waals surface area contributed by atoms with Crippen molar-refractivity contribution >= 4 is 10.8 Å². The second-order valence-corrected chi connectivity index (χ2v) is 3.94. The van der Waals surface area contributed by atoms with Crippen molar-refractivity contribution in [1.82, 2.24) is 0 Å². The molecule has 0 bridgehead atoms. The van der Waals surface area contributed by atoms with Crippen molar-refractivity contribution in [3.05, 3.63) is 59.2 Å². The summed E-state index contributed by atoms with van der Waals surface area (Å²) in [6.07, 6.45) is 4.48. The van der Waals surface area contributed by atoms with Gasteiger partial charge in [-0.1, -0.05) is 43.0 Å². The van der Waals surface area contributed by atoms with Crippen molar-refractivity contribution in [2.24, 2.45) is 0 Å². The topological polar surface area (TPSA) is 0 Å². The van der Waals surface area contributed by atoms with Crippen LogP contribution < -0.4 is 24.8 Å². The average molecular weight is 341 g/mol. The van der Waals surface area contributed by atoms with Crippen LogP contribution in [-0.2, 0) is 32.6 Å². The van der Waals surface area contributed by atoms with Crippen molar-refractivity contribution in [3.63, 3.8) is 0 Å². The van der Waals surface area contributed by atoms with Crippen molar-refractivity contribution in [3.8, 4) is 0 Å². The molecule has 1 radical (unpaired) electrons. The fourth-order valence-corrected chi connectivity index (χ4v) is 2.11. The van der Waals surface area contributed by atoms with E-state index < -0.39 is 0 Å². The fourth-order valence-electron chi connectivity index (χ4n) is 2.11. The first-order valence-corrected chi connectivity index (χ1v) is 4.94. The molecule has 0 heterocycles. The molecule has 0 aromatic heterocycles. The second-order valence-electron chi connectivity index (χ2n) is 3.94. The Morgan fingerprint density at radius 1 is 1.00 bits per heavy atom. The van der Waals surface area contributed by atoms with Gasteiger partial charge in [0.25, 0.3) is 0 Å². The maximum Gasteiger partial charge on any atom is 3.00 e. The molecule has 0 N–H and O–H groups in total. The van der Waals surface area contributed by atoms with Crippen molar-refractivity contribution < 1.29 is 51.0 Å². The summed E-state index contributed by atoms with van der Waals surface area (Å²) in [5, 5.41) is 2.65. The van der Waals surface area contributed by atoms with Gasteiger partial charge in [0, 0.05) is 0 Å². The number of benzene rings is 2. The van der Waals surface area contributed by atoms with E-state index in [-0.39, 0.29) is 51.0 Å². The van der Waals surface area contributed by atoms with Crippen LogP contribution in [0.5, 0.6) is 0 Å². The van der Waals surface area contributed by atoms with Crippen molar-refractivity contribution in [1.29, 1.82) is 0 Å². The SMILES string of the molecule is CC1=[C-]c2cc3ccccc3cc2C1.[Cl-].[Cl-].[Zr+3]. The van der Waals surface area contributed by atoms with Gasteiger partial charge in [0.1, 0.15) is 0 Å². The van der Waals surface area contributed by atoms with E-state index in [1.165, 1.54) is 27.5 Å². The minimum atomic E-state index is 0. The third kappa shape index (κ3) is 3.22. The summed E-state index contributed by atoms with van der Waals surface area (Å²) in [6, 6.07) is 13.0. The van der Waals surface area contributed by atoms with Crippen LogP contribution in [0.2, 0.25) is 0 Å². The zero-order chi connectivity index (χ0) is 9.54. The number of halogens is 2. The molecule has 85 valence electrons. The van der Waals surface area contributed by atoms with Crippen molar-refractivity contribution in [2.75, 3.05) is 0 Å². The third-order valence-corrected chi connectivity index (χ3v) is 2.78. The molecule has 0 unspecified atom stereocenters. The zero-order valence-corrected chi connectivity index (χ0v) is 13.4. The summed E-state index contributed by atoms with van der Waals surface area (Å²) in [6.45, 7) is 2.14. The molecule has 0 fully saturated rings. The molecule has 3 heteroatoms. The van der Waals surface area contributed by atoms with Gasteiger partial charge in [0.2, 0.25) is 0 Å². The number of hydrogen-bond acceptors (Lipinski definition) is 0. The largest absolute Gasteiger partial charge is 3.00 e. The number of allylic oxidation sites excluding steroid dienone is 1. The van der Waals surface area contributed by atoms with Crippen LogP contribution in [-0.4, -0.2) is 0 Å². The Hall–Kier alpha value is -0.0969. The van der Waals surface area contributed by atoms with E-state index in [1.807, 2.05) is 0 Å². The Bertz CT molecular complexity index is 547. The van der Waals surface area contributed by atoms with Gasteiger partial charge in [-0.2, -0.15) is 17.7 Å². The van der Waals surface area contributed by atoms with E-state index in [4.69, 9.17) is 0 Å². The molecule has 0 atom stereocenters. The molecule has 0 saturated carbocycles. The van der Waals surface area contributed by atoms with Crippen LogP contribution >= 0.6 is 0 Å². The van der Waals surface area contributed by atoms with Crippen molar-refractivity contribution in [2.45, 2.75) is 13.3 Å². The summed E-state index contributed by atoms with van der Waals surface area (Å²) in [5.41, 5.74) is 4.04. The van der Waals surface area contributed by atoms with E-state index in [0.717, 1.165) is 6.42 Å². The minimum absolute atomic E-state index is 0. The fraction of sp³-hybridized carbons (Fsp3) is 0.143. The molecular weight excluding hydrogens is 330 g/mol. The molecule has 0 aliphatic heterocycles. The van der Waals surface area contributed by atoms with E-state index in [0.29, 0.717) is 0 Å². The maximum absolute atomic E-state index is 3.41. The normalized spacial score (nSPS) is 11.7. The Morgan fingerprint density at radius 3 is 2.24 bits per heavy atom. The van der Waals surface area contributed by atoms with Crippen LogP contribution in [0.3, 0.4) is 0 Å². The first-order chi connectivity index (χ1) is 6.83. The maximum atomic E-state index is 3.41. The van der Waals surface area contributed by atoms with Gasteiger partial charge in [-0.05, 0) is 5.39 Å². The zero-order valence-electron chi connectivity index (χ0n) is 9.43. The second kappa shape index (κ2) is 6.73. The van der Waals surface area contributed by atoms with Crippen LogP contribution in [0.1, 0.15) is 18.1 Å². The number of fused-ring (bicyclic) bond motifs is 2. The Morgan fingerprint density at radius 2 is 1.59 bits per heavy atom. The summed E-state index contributed by atoms with van der Waals surface area (Å²) < 4.78 is 0. The van der Waals surface area contributed by atoms with Gasteiger partial charge >= 0.3 is 26.2 Å². The molecule has 0 saturated heterocycles. The Kier molecular flexibility index (Phi) is 6.70. The molecular formula is C14H11Cl2Zr. The molecule has 1 aliphatic rings. The van der Waals surface area contributed by atoms with Gasteiger partial charge in [-0.25, -0.2) is 0 Å².